The van der Waals surface area contributed by atoms with Crippen molar-refractivity contribution in [3.63, 3.8) is 0 Å². The molecule has 0 saturated carbocycles. The summed E-state index contributed by atoms with van der Waals surface area (Å²) in [5.41, 5.74) is 0.394. The molecule has 0 aliphatic heterocycles. The standard InChI is InChI=1S/C13H12BrNO3S/c1-18-11-3-2-8(6-10(11)16)13(17)15-7-12-9(14)4-5-19-12/h2-6,16H,7H2,1H3,(H,15,17). The lowest BCUT2D eigenvalue weighted by atomic mass is 10.2. The van der Waals surface area contributed by atoms with Crippen molar-refractivity contribution in [2.24, 2.45) is 0 Å². The molecule has 0 aliphatic carbocycles. The number of hydrogen-bond donors (Lipinski definition) is 2. The molecule has 19 heavy (non-hydrogen) atoms. The second-order valence-electron chi connectivity index (χ2n) is 3.76. The van der Waals surface area contributed by atoms with Crippen LogP contribution in [-0.4, -0.2) is 18.1 Å². The van der Waals surface area contributed by atoms with Crippen LogP contribution >= 0.6 is 27.3 Å². The van der Waals surface area contributed by atoms with E-state index in [2.05, 4.69) is 21.2 Å². The molecule has 0 aliphatic rings. The van der Waals surface area contributed by atoms with Crippen LogP contribution in [-0.2, 0) is 6.54 Å². The van der Waals surface area contributed by atoms with E-state index in [9.17, 15) is 9.90 Å². The maximum absolute atomic E-state index is 11.9. The lowest BCUT2D eigenvalue weighted by molar-refractivity contribution is 0.0951. The normalized spacial score (nSPS) is 10.2. The zero-order valence-electron chi connectivity index (χ0n) is 10.1. The number of phenols is 1. The number of carbonyl (C=O) groups excluding carboxylic acids is 1. The fourth-order valence-corrected chi connectivity index (χ4v) is 2.98. The van der Waals surface area contributed by atoms with Crippen molar-refractivity contribution >= 4 is 33.2 Å². The highest BCUT2D eigenvalue weighted by Gasteiger charge is 2.10. The Bertz CT molecular complexity index is 597. The largest absolute Gasteiger partial charge is 0.504 e. The molecule has 100 valence electrons. The Morgan fingerprint density at radius 3 is 2.84 bits per heavy atom. The molecule has 6 heteroatoms. The number of amides is 1. The van der Waals surface area contributed by atoms with E-state index in [1.807, 2.05) is 11.4 Å². The number of nitrogens with one attached hydrogen (secondary N) is 1. The first kappa shape index (κ1) is 13.9. The van der Waals surface area contributed by atoms with Crippen molar-refractivity contribution in [1.82, 2.24) is 5.32 Å². The second kappa shape index (κ2) is 6.08. The number of benzene rings is 1. The molecule has 0 saturated heterocycles. The van der Waals surface area contributed by atoms with Gasteiger partial charge < -0.3 is 15.2 Å². The van der Waals surface area contributed by atoms with Gasteiger partial charge in [-0.05, 0) is 45.6 Å². The zero-order chi connectivity index (χ0) is 13.8. The number of carbonyl (C=O) groups is 1. The Kier molecular flexibility index (Phi) is 4.44. The van der Waals surface area contributed by atoms with Crippen LogP contribution in [0.4, 0.5) is 0 Å². The molecule has 0 unspecified atom stereocenters. The topological polar surface area (TPSA) is 58.6 Å². The van der Waals surface area contributed by atoms with Crippen LogP contribution in [0.15, 0.2) is 34.1 Å². The van der Waals surface area contributed by atoms with Gasteiger partial charge in [-0.25, -0.2) is 0 Å². The summed E-state index contributed by atoms with van der Waals surface area (Å²) in [5.74, 6) is 0.0586. The van der Waals surface area contributed by atoms with Crippen LogP contribution in [0.1, 0.15) is 15.2 Å². The summed E-state index contributed by atoms with van der Waals surface area (Å²) in [6.45, 7) is 0.448. The molecule has 0 fully saturated rings. The van der Waals surface area contributed by atoms with Crippen molar-refractivity contribution in [1.29, 1.82) is 0 Å². The van der Waals surface area contributed by atoms with E-state index >= 15 is 0 Å². The predicted octanol–water partition coefficient (Wildman–Crippen LogP) is 3.15. The average molecular weight is 342 g/mol. The number of aromatic hydroxyl groups is 1. The molecule has 1 aromatic heterocycles. The molecular formula is C13H12BrNO3S. The highest BCUT2D eigenvalue weighted by molar-refractivity contribution is 9.10. The number of methoxy groups -OCH3 is 1. The van der Waals surface area contributed by atoms with Crippen molar-refractivity contribution in [2.45, 2.75) is 6.54 Å². The van der Waals surface area contributed by atoms with Gasteiger partial charge in [-0.2, -0.15) is 0 Å². The minimum atomic E-state index is -0.238. The highest BCUT2D eigenvalue weighted by atomic mass is 79.9. The maximum atomic E-state index is 11.9. The second-order valence-corrected chi connectivity index (χ2v) is 5.62. The summed E-state index contributed by atoms with van der Waals surface area (Å²) in [4.78, 5) is 13.0. The average Bonchev–Trinajstić information content (AvgIpc) is 2.81. The minimum Gasteiger partial charge on any atom is -0.504 e. The van der Waals surface area contributed by atoms with Crippen LogP contribution in [0, 0.1) is 0 Å². The van der Waals surface area contributed by atoms with E-state index in [-0.39, 0.29) is 11.7 Å². The van der Waals surface area contributed by atoms with E-state index in [0.29, 0.717) is 17.9 Å². The molecule has 1 amide bonds. The number of ether oxygens (including phenoxy) is 1. The van der Waals surface area contributed by atoms with Gasteiger partial charge in [0, 0.05) is 14.9 Å². The van der Waals surface area contributed by atoms with E-state index in [1.165, 1.54) is 13.2 Å². The molecule has 0 atom stereocenters. The van der Waals surface area contributed by atoms with Gasteiger partial charge in [0.05, 0.1) is 13.7 Å². The third-order valence-electron chi connectivity index (χ3n) is 2.54. The maximum Gasteiger partial charge on any atom is 0.251 e. The fraction of sp³-hybridized carbons (Fsp3) is 0.154. The first-order valence-corrected chi connectivity index (χ1v) is 7.16. The van der Waals surface area contributed by atoms with Gasteiger partial charge in [0.15, 0.2) is 11.5 Å². The van der Waals surface area contributed by atoms with E-state index < -0.39 is 0 Å². The first-order valence-electron chi connectivity index (χ1n) is 5.49. The lowest BCUT2D eigenvalue weighted by Crippen LogP contribution is -2.22. The van der Waals surface area contributed by atoms with Gasteiger partial charge in [-0.3, -0.25) is 4.79 Å². The molecule has 1 aromatic carbocycles. The van der Waals surface area contributed by atoms with E-state index in [0.717, 1.165) is 9.35 Å². The molecular weight excluding hydrogens is 330 g/mol. The third-order valence-corrected chi connectivity index (χ3v) is 4.47. The summed E-state index contributed by atoms with van der Waals surface area (Å²) in [5, 5.41) is 14.4. The molecule has 4 nitrogen and oxygen atoms in total. The Balaban J connectivity index is 2.04. The number of rotatable bonds is 4. The number of thiophene rings is 1. The Morgan fingerprint density at radius 2 is 2.26 bits per heavy atom. The van der Waals surface area contributed by atoms with Crippen LogP contribution in [0.25, 0.3) is 0 Å². The van der Waals surface area contributed by atoms with Gasteiger partial charge in [0.1, 0.15) is 0 Å². The van der Waals surface area contributed by atoms with Gasteiger partial charge >= 0.3 is 0 Å². The van der Waals surface area contributed by atoms with Crippen molar-refractivity contribution in [3.8, 4) is 11.5 Å². The van der Waals surface area contributed by atoms with Crippen LogP contribution in [0.5, 0.6) is 11.5 Å². The van der Waals surface area contributed by atoms with Crippen LogP contribution < -0.4 is 10.1 Å². The number of hydrogen-bond acceptors (Lipinski definition) is 4. The summed E-state index contributed by atoms with van der Waals surface area (Å²) < 4.78 is 5.91. The summed E-state index contributed by atoms with van der Waals surface area (Å²) in [6.07, 6.45) is 0. The Morgan fingerprint density at radius 1 is 1.47 bits per heavy atom. The smallest absolute Gasteiger partial charge is 0.251 e. The van der Waals surface area contributed by atoms with E-state index in [1.54, 1.807) is 23.5 Å². The molecule has 1 heterocycles. The fourth-order valence-electron chi connectivity index (χ4n) is 1.55. The van der Waals surface area contributed by atoms with Crippen molar-refractivity contribution < 1.29 is 14.6 Å². The molecule has 0 radical (unpaired) electrons. The summed E-state index contributed by atoms with van der Waals surface area (Å²) in [6, 6.07) is 6.49. The summed E-state index contributed by atoms with van der Waals surface area (Å²) in [7, 11) is 1.46. The lowest BCUT2D eigenvalue weighted by Gasteiger charge is -2.07. The first-order chi connectivity index (χ1) is 9.11. The molecule has 0 bridgehead atoms. The summed E-state index contributed by atoms with van der Waals surface area (Å²) >= 11 is 4.97. The van der Waals surface area contributed by atoms with Crippen molar-refractivity contribution in [2.75, 3.05) is 7.11 Å². The zero-order valence-corrected chi connectivity index (χ0v) is 12.5. The quantitative estimate of drug-likeness (QED) is 0.897. The van der Waals surface area contributed by atoms with Gasteiger partial charge in [-0.1, -0.05) is 0 Å². The minimum absolute atomic E-state index is 0.0487. The third kappa shape index (κ3) is 3.27. The number of phenolic OH excluding ortho intramolecular Hbond substituents is 1. The monoisotopic (exact) mass is 341 g/mol. The van der Waals surface area contributed by atoms with Crippen LogP contribution in [0.2, 0.25) is 0 Å². The predicted molar refractivity (Wildman–Crippen MR) is 77.8 cm³/mol. The SMILES string of the molecule is COc1ccc(C(=O)NCc2sccc2Br)cc1O. The van der Waals surface area contributed by atoms with Gasteiger partial charge in [-0.15, -0.1) is 11.3 Å². The van der Waals surface area contributed by atoms with Gasteiger partial charge in [0.2, 0.25) is 0 Å². The molecule has 2 aromatic rings. The molecule has 2 N–H and O–H groups in total. The molecule has 2 rings (SSSR count). The van der Waals surface area contributed by atoms with Crippen LogP contribution in [0.3, 0.4) is 0 Å². The highest BCUT2D eigenvalue weighted by Crippen LogP contribution is 2.26. The van der Waals surface area contributed by atoms with Gasteiger partial charge in [0.25, 0.3) is 5.91 Å². The Hall–Kier alpha value is -1.53. The number of halogens is 1. The van der Waals surface area contributed by atoms with Crippen molar-refractivity contribution in [3.05, 3.63) is 44.6 Å². The van der Waals surface area contributed by atoms with E-state index in [4.69, 9.17) is 4.74 Å². The molecule has 0 spiro atoms. The Labute approximate surface area is 123 Å².